The highest BCUT2D eigenvalue weighted by molar-refractivity contribution is 9.10. The molecule has 2 aliphatic rings. The van der Waals surface area contributed by atoms with Crippen LogP contribution in [0.15, 0.2) is 47.1 Å². The summed E-state index contributed by atoms with van der Waals surface area (Å²) in [5, 5.41) is 2.78. The van der Waals surface area contributed by atoms with Gasteiger partial charge in [0.15, 0.2) is 0 Å². The van der Waals surface area contributed by atoms with Crippen molar-refractivity contribution in [2.45, 2.75) is 0 Å². The van der Waals surface area contributed by atoms with E-state index in [0.717, 1.165) is 28.8 Å². The minimum atomic E-state index is -0.483. The summed E-state index contributed by atoms with van der Waals surface area (Å²) in [5.74, 6) is -0.567. The van der Waals surface area contributed by atoms with Crippen molar-refractivity contribution in [2.75, 3.05) is 31.2 Å². The summed E-state index contributed by atoms with van der Waals surface area (Å²) in [6.07, 6.45) is 1.47. The van der Waals surface area contributed by atoms with Crippen LogP contribution in [0.3, 0.4) is 0 Å². The van der Waals surface area contributed by atoms with Crippen molar-refractivity contribution in [3.05, 3.63) is 64.1 Å². The van der Waals surface area contributed by atoms with Crippen molar-refractivity contribution in [2.24, 2.45) is 0 Å². The van der Waals surface area contributed by atoms with Gasteiger partial charge in [0.1, 0.15) is 17.8 Å². The van der Waals surface area contributed by atoms with E-state index in [-0.39, 0.29) is 5.56 Å². The van der Waals surface area contributed by atoms with Gasteiger partial charge in [-0.25, -0.2) is 4.39 Å². The van der Waals surface area contributed by atoms with Gasteiger partial charge in [-0.2, -0.15) is 0 Å². The first kappa shape index (κ1) is 17.1. The molecule has 1 N–H and O–H groups in total. The van der Waals surface area contributed by atoms with Gasteiger partial charge in [-0.05, 0) is 46.3 Å². The average molecular weight is 419 g/mol. The van der Waals surface area contributed by atoms with Crippen LogP contribution in [-0.4, -0.2) is 32.2 Å². The molecule has 1 amide bonds. The molecule has 4 rings (SSSR count). The number of morpholine rings is 1. The number of fused-ring (bicyclic) bond motifs is 1. The first-order valence-electron chi connectivity index (χ1n) is 8.22. The summed E-state index contributed by atoms with van der Waals surface area (Å²) in [5.41, 5.74) is 2.54. The van der Waals surface area contributed by atoms with Crippen LogP contribution in [0.4, 0.5) is 10.1 Å². The van der Waals surface area contributed by atoms with E-state index in [1.165, 1.54) is 24.5 Å². The number of carbonyl (C=O) groups is 1. The molecule has 2 aliphatic heterocycles. The van der Waals surface area contributed by atoms with Crippen LogP contribution in [-0.2, 0) is 4.74 Å². The van der Waals surface area contributed by atoms with E-state index < -0.39 is 11.7 Å². The topological polar surface area (TPSA) is 50.8 Å². The molecule has 0 aromatic heterocycles. The molecule has 0 aliphatic carbocycles. The van der Waals surface area contributed by atoms with E-state index in [1.54, 1.807) is 0 Å². The van der Waals surface area contributed by atoms with Crippen molar-refractivity contribution < 1.29 is 18.7 Å². The van der Waals surface area contributed by atoms with Crippen LogP contribution in [0.25, 0.3) is 5.70 Å². The van der Waals surface area contributed by atoms with E-state index in [9.17, 15) is 9.18 Å². The molecular weight excluding hydrogens is 403 g/mol. The van der Waals surface area contributed by atoms with Crippen molar-refractivity contribution >= 4 is 33.2 Å². The first-order chi connectivity index (χ1) is 12.6. The van der Waals surface area contributed by atoms with Crippen molar-refractivity contribution in [3.63, 3.8) is 0 Å². The number of anilines is 1. The maximum atomic E-state index is 13.4. The Balaban J connectivity index is 1.61. The van der Waals surface area contributed by atoms with Crippen molar-refractivity contribution in [1.82, 2.24) is 5.32 Å². The Morgan fingerprint density at radius 2 is 1.92 bits per heavy atom. The number of nitrogens with one attached hydrogen (secondary N) is 1. The molecule has 0 atom stereocenters. The number of ether oxygens (including phenoxy) is 2. The number of hydrogen-bond acceptors (Lipinski definition) is 4. The average Bonchev–Trinajstić information content (AvgIpc) is 2.81. The largest absolute Gasteiger partial charge is 0.462 e. The Labute approximate surface area is 158 Å². The fourth-order valence-electron chi connectivity index (χ4n) is 3.00. The molecular formula is C19H16BrFN2O3. The van der Waals surface area contributed by atoms with Gasteiger partial charge in [-0.3, -0.25) is 4.79 Å². The van der Waals surface area contributed by atoms with E-state index >= 15 is 0 Å². The molecule has 134 valence electrons. The second-order valence-electron chi connectivity index (χ2n) is 6.01. The summed E-state index contributed by atoms with van der Waals surface area (Å²) in [6.45, 7) is 3.08. The number of nitrogens with zero attached hydrogens (tertiary/aromatic N) is 1. The normalized spacial score (nSPS) is 16.9. The van der Waals surface area contributed by atoms with Gasteiger partial charge in [-0.15, -0.1) is 0 Å². The van der Waals surface area contributed by atoms with E-state index in [0.29, 0.717) is 24.7 Å². The standard InChI is InChI=1S/C19H16BrFN2O3/c20-15-9-12(1-3-17(15)23-5-7-25-8-6-23)16-11-26-18-4-2-13(21)10-14(18)19(24)22-16/h1-4,9-11H,5-8H2,(H,22,24). The second kappa shape index (κ2) is 7.09. The summed E-state index contributed by atoms with van der Waals surface area (Å²) >= 11 is 3.61. The molecule has 0 spiro atoms. The number of halogens is 2. The lowest BCUT2D eigenvalue weighted by Gasteiger charge is -2.30. The molecule has 0 unspecified atom stereocenters. The SMILES string of the molecule is O=C1NC(c2ccc(N3CCOCC3)c(Br)c2)=COc2ccc(F)cc21. The van der Waals surface area contributed by atoms with Gasteiger partial charge < -0.3 is 19.7 Å². The molecule has 1 saturated heterocycles. The zero-order valence-corrected chi connectivity index (χ0v) is 15.4. The number of hydrogen-bond donors (Lipinski definition) is 1. The van der Waals surface area contributed by atoms with Gasteiger partial charge in [-0.1, -0.05) is 6.07 Å². The third-order valence-electron chi connectivity index (χ3n) is 4.35. The van der Waals surface area contributed by atoms with Gasteiger partial charge in [0, 0.05) is 23.1 Å². The molecule has 0 bridgehead atoms. The van der Waals surface area contributed by atoms with Gasteiger partial charge in [0.2, 0.25) is 0 Å². The molecule has 0 radical (unpaired) electrons. The van der Waals surface area contributed by atoms with Crippen LogP contribution in [0.2, 0.25) is 0 Å². The molecule has 5 nitrogen and oxygen atoms in total. The molecule has 1 fully saturated rings. The predicted molar refractivity (Wildman–Crippen MR) is 99.6 cm³/mol. The highest BCUT2D eigenvalue weighted by atomic mass is 79.9. The Morgan fingerprint density at radius 3 is 2.69 bits per heavy atom. The van der Waals surface area contributed by atoms with Crippen LogP contribution in [0, 0.1) is 5.82 Å². The second-order valence-corrected chi connectivity index (χ2v) is 6.86. The molecule has 26 heavy (non-hydrogen) atoms. The Bertz CT molecular complexity index is 894. The molecule has 0 saturated carbocycles. The lowest BCUT2D eigenvalue weighted by atomic mass is 10.1. The number of amides is 1. The minimum absolute atomic E-state index is 0.167. The quantitative estimate of drug-likeness (QED) is 0.809. The summed E-state index contributed by atoms with van der Waals surface area (Å²) in [6, 6.07) is 9.71. The smallest absolute Gasteiger partial charge is 0.259 e. The maximum absolute atomic E-state index is 13.4. The lowest BCUT2D eigenvalue weighted by Crippen LogP contribution is -2.36. The Kier molecular flexibility index (Phi) is 4.65. The fourth-order valence-corrected chi connectivity index (χ4v) is 3.63. The molecule has 7 heteroatoms. The van der Waals surface area contributed by atoms with E-state index in [4.69, 9.17) is 9.47 Å². The minimum Gasteiger partial charge on any atom is -0.462 e. The van der Waals surface area contributed by atoms with Gasteiger partial charge in [0.25, 0.3) is 5.91 Å². The highest BCUT2D eigenvalue weighted by Gasteiger charge is 2.21. The number of carbonyl (C=O) groups excluding carboxylic acids is 1. The maximum Gasteiger partial charge on any atom is 0.259 e. The van der Waals surface area contributed by atoms with Gasteiger partial charge >= 0.3 is 0 Å². The predicted octanol–water partition coefficient (Wildman–Crippen LogP) is 3.55. The first-order valence-corrected chi connectivity index (χ1v) is 9.01. The van der Waals surface area contributed by atoms with Crippen molar-refractivity contribution in [1.29, 1.82) is 0 Å². The number of benzene rings is 2. The Morgan fingerprint density at radius 1 is 1.12 bits per heavy atom. The molecule has 2 aromatic carbocycles. The van der Waals surface area contributed by atoms with Crippen molar-refractivity contribution in [3.8, 4) is 5.75 Å². The lowest BCUT2D eigenvalue weighted by molar-refractivity contribution is 0.0973. The van der Waals surface area contributed by atoms with Crippen LogP contribution < -0.4 is 15.0 Å². The number of rotatable bonds is 2. The highest BCUT2D eigenvalue weighted by Crippen LogP contribution is 2.31. The van der Waals surface area contributed by atoms with Gasteiger partial charge in [0.05, 0.1) is 30.2 Å². The Hall–Kier alpha value is -2.38. The van der Waals surface area contributed by atoms with Crippen LogP contribution in [0.1, 0.15) is 15.9 Å². The fraction of sp³-hybridized carbons (Fsp3) is 0.211. The van der Waals surface area contributed by atoms with Crippen LogP contribution >= 0.6 is 15.9 Å². The zero-order valence-electron chi connectivity index (χ0n) is 13.8. The molecule has 2 aromatic rings. The third kappa shape index (κ3) is 3.32. The third-order valence-corrected chi connectivity index (χ3v) is 4.98. The molecule has 2 heterocycles. The summed E-state index contributed by atoms with van der Waals surface area (Å²) in [7, 11) is 0. The van der Waals surface area contributed by atoms with E-state index in [1.807, 2.05) is 18.2 Å². The monoisotopic (exact) mass is 418 g/mol. The summed E-state index contributed by atoms with van der Waals surface area (Å²) < 4.78 is 25.3. The zero-order chi connectivity index (χ0) is 18.1. The van der Waals surface area contributed by atoms with Crippen LogP contribution in [0.5, 0.6) is 5.75 Å². The summed E-state index contributed by atoms with van der Waals surface area (Å²) in [4.78, 5) is 14.7. The van der Waals surface area contributed by atoms with E-state index in [2.05, 4.69) is 26.1 Å².